The minimum absolute atomic E-state index is 0.128. The summed E-state index contributed by atoms with van der Waals surface area (Å²) >= 11 is 0. The number of carboxylic acid groups (broad SMARTS) is 2. The molecule has 0 aromatic carbocycles. The van der Waals surface area contributed by atoms with Crippen LogP contribution in [0.4, 0.5) is 4.79 Å². The lowest BCUT2D eigenvalue weighted by molar-refractivity contribution is -0.140. The van der Waals surface area contributed by atoms with Crippen molar-refractivity contribution >= 4 is 18.0 Å². The monoisotopic (exact) mass is 288 g/mol. The van der Waals surface area contributed by atoms with Crippen LogP contribution in [0.15, 0.2) is 0 Å². The molecular weight excluding hydrogens is 264 g/mol. The largest absolute Gasteiger partial charge is 0.481 e. The summed E-state index contributed by atoms with van der Waals surface area (Å²) in [5, 5.41) is 19.9. The van der Waals surface area contributed by atoms with Crippen LogP contribution in [0.2, 0.25) is 0 Å². The molecule has 2 atom stereocenters. The van der Waals surface area contributed by atoms with E-state index in [1.54, 1.807) is 0 Å². The quantitative estimate of drug-likeness (QED) is 0.594. The molecule has 1 unspecified atom stereocenters. The van der Waals surface area contributed by atoms with Gasteiger partial charge in [-0.3, -0.25) is 4.79 Å². The second kappa shape index (κ2) is 9.17. The van der Waals surface area contributed by atoms with Gasteiger partial charge in [-0.1, -0.05) is 20.3 Å². The molecule has 20 heavy (non-hydrogen) atoms. The van der Waals surface area contributed by atoms with Crippen molar-refractivity contribution in [2.24, 2.45) is 5.92 Å². The summed E-state index contributed by atoms with van der Waals surface area (Å²) in [6.07, 6.45) is 0.497. The Morgan fingerprint density at radius 2 is 1.80 bits per heavy atom. The maximum absolute atomic E-state index is 12.0. The highest BCUT2D eigenvalue weighted by atomic mass is 16.4. The topological polar surface area (TPSA) is 107 Å². The molecule has 0 fully saturated rings. The molecule has 0 aliphatic carbocycles. The van der Waals surface area contributed by atoms with Crippen LogP contribution in [0.1, 0.15) is 40.0 Å². The Balaban J connectivity index is 4.55. The van der Waals surface area contributed by atoms with E-state index in [0.717, 1.165) is 6.42 Å². The molecule has 7 heteroatoms. The number of urea groups is 1. The Labute approximate surface area is 119 Å². The molecule has 0 saturated heterocycles. The Hall–Kier alpha value is -1.79. The fraction of sp³-hybridized carbons (Fsp3) is 0.769. The zero-order valence-corrected chi connectivity index (χ0v) is 12.3. The predicted molar refractivity (Wildman–Crippen MR) is 73.5 cm³/mol. The van der Waals surface area contributed by atoms with Gasteiger partial charge in [0.05, 0.1) is 0 Å². The molecular formula is C13H24N2O5. The van der Waals surface area contributed by atoms with Gasteiger partial charge in [0.25, 0.3) is 0 Å². The lowest BCUT2D eigenvalue weighted by Crippen LogP contribution is -2.49. The van der Waals surface area contributed by atoms with Crippen LogP contribution in [0.5, 0.6) is 0 Å². The molecule has 0 spiro atoms. The molecule has 0 radical (unpaired) electrons. The maximum Gasteiger partial charge on any atom is 0.326 e. The first-order valence-electron chi connectivity index (χ1n) is 6.81. The first kappa shape index (κ1) is 18.2. The highest BCUT2D eigenvalue weighted by Crippen LogP contribution is 2.06. The van der Waals surface area contributed by atoms with Crippen molar-refractivity contribution in [1.29, 1.82) is 0 Å². The third-order valence-corrected chi connectivity index (χ3v) is 3.14. The molecule has 0 rings (SSSR count). The number of aliphatic carboxylic acids is 2. The summed E-state index contributed by atoms with van der Waals surface area (Å²) < 4.78 is 0. The number of amides is 2. The van der Waals surface area contributed by atoms with E-state index in [2.05, 4.69) is 5.32 Å². The van der Waals surface area contributed by atoms with Crippen LogP contribution in [0.3, 0.4) is 0 Å². The van der Waals surface area contributed by atoms with Crippen LogP contribution in [0, 0.1) is 5.92 Å². The van der Waals surface area contributed by atoms with Crippen LogP contribution in [-0.2, 0) is 9.59 Å². The Bertz CT molecular complexity index is 346. The predicted octanol–water partition coefficient (Wildman–Crippen LogP) is 1.38. The second-order valence-corrected chi connectivity index (χ2v) is 4.82. The molecule has 0 aliphatic rings. The zero-order chi connectivity index (χ0) is 15.7. The van der Waals surface area contributed by atoms with Crippen molar-refractivity contribution < 1.29 is 24.6 Å². The van der Waals surface area contributed by atoms with Gasteiger partial charge in [-0.05, 0) is 19.3 Å². The van der Waals surface area contributed by atoms with Gasteiger partial charge in [-0.25, -0.2) is 9.59 Å². The van der Waals surface area contributed by atoms with Gasteiger partial charge in [-0.15, -0.1) is 0 Å². The van der Waals surface area contributed by atoms with Crippen molar-refractivity contribution in [2.75, 3.05) is 13.1 Å². The number of carbonyl (C=O) groups excluding carboxylic acids is 1. The van der Waals surface area contributed by atoms with Crippen molar-refractivity contribution in [1.82, 2.24) is 10.2 Å². The fourth-order valence-electron chi connectivity index (χ4n) is 1.63. The molecule has 7 nitrogen and oxygen atoms in total. The fourth-order valence-corrected chi connectivity index (χ4v) is 1.63. The zero-order valence-electron chi connectivity index (χ0n) is 12.3. The molecule has 0 bridgehead atoms. The number of rotatable bonds is 9. The molecule has 0 aromatic rings. The van der Waals surface area contributed by atoms with E-state index in [-0.39, 0.29) is 12.8 Å². The third-order valence-electron chi connectivity index (χ3n) is 3.14. The second-order valence-electron chi connectivity index (χ2n) is 4.82. The normalized spacial score (nSPS) is 13.3. The van der Waals surface area contributed by atoms with E-state index in [1.807, 2.05) is 20.8 Å². The van der Waals surface area contributed by atoms with E-state index in [1.165, 1.54) is 4.90 Å². The summed E-state index contributed by atoms with van der Waals surface area (Å²) in [7, 11) is 0. The number of hydrogen-bond acceptors (Lipinski definition) is 3. The van der Waals surface area contributed by atoms with Gasteiger partial charge in [0.1, 0.15) is 6.04 Å². The smallest absolute Gasteiger partial charge is 0.326 e. The number of nitrogens with zero attached hydrogens (tertiary/aromatic N) is 1. The number of nitrogens with one attached hydrogen (secondary N) is 1. The summed E-state index contributed by atoms with van der Waals surface area (Å²) in [4.78, 5) is 35.0. The summed E-state index contributed by atoms with van der Waals surface area (Å²) in [6, 6.07) is -1.64. The SMILES string of the molecule is CCC(C)CN(CC)C(=O)N[C@@H](CCC(=O)O)C(=O)O. The van der Waals surface area contributed by atoms with E-state index in [9.17, 15) is 14.4 Å². The summed E-state index contributed by atoms with van der Waals surface area (Å²) in [5.41, 5.74) is 0. The first-order valence-corrected chi connectivity index (χ1v) is 6.81. The lowest BCUT2D eigenvalue weighted by atomic mass is 10.1. The minimum Gasteiger partial charge on any atom is -0.481 e. The van der Waals surface area contributed by atoms with Crippen LogP contribution in [-0.4, -0.2) is 52.2 Å². The Kier molecular flexibility index (Phi) is 8.35. The average Bonchev–Trinajstić information content (AvgIpc) is 2.39. The summed E-state index contributed by atoms with van der Waals surface area (Å²) in [6.45, 7) is 6.86. The Morgan fingerprint density at radius 3 is 2.20 bits per heavy atom. The number of hydrogen-bond donors (Lipinski definition) is 3. The lowest BCUT2D eigenvalue weighted by Gasteiger charge is -2.26. The molecule has 0 aromatic heterocycles. The summed E-state index contributed by atoms with van der Waals surface area (Å²) in [5.74, 6) is -1.99. The molecule has 2 amide bonds. The molecule has 116 valence electrons. The molecule has 3 N–H and O–H groups in total. The Morgan fingerprint density at radius 1 is 1.20 bits per heavy atom. The van der Waals surface area contributed by atoms with E-state index >= 15 is 0 Å². The average molecular weight is 288 g/mol. The van der Waals surface area contributed by atoms with Crippen LogP contribution < -0.4 is 5.32 Å². The van der Waals surface area contributed by atoms with Gasteiger partial charge < -0.3 is 20.4 Å². The number of carboxylic acids is 2. The van der Waals surface area contributed by atoms with Crippen molar-refractivity contribution in [2.45, 2.75) is 46.1 Å². The van der Waals surface area contributed by atoms with Gasteiger partial charge in [0.2, 0.25) is 0 Å². The van der Waals surface area contributed by atoms with Crippen molar-refractivity contribution in [3.63, 3.8) is 0 Å². The van der Waals surface area contributed by atoms with Crippen LogP contribution in [0.25, 0.3) is 0 Å². The van der Waals surface area contributed by atoms with E-state index < -0.39 is 24.0 Å². The number of carbonyl (C=O) groups is 3. The first-order chi connectivity index (χ1) is 9.31. The van der Waals surface area contributed by atoms with Crippen molar-refractivity contribution in [3.8, 4) is 0 Å². The molecule has 0 heterocycles. The van der Waals surface area contributed by atoms with Gasteiger partial charge in [0, 0.05) is 19.5 Å². The van der Waals surface area contributed by atoms with Gasteiger partial charge in [0.15, 0.2) is 0 Å². The third kappa shape index (κ3) is 6.96. The maximum atomic E-state index is 12.0. The van der Waals surface area contributed by atoms with Gasteiger partial charge in [-0.2, -0.15) is 0 Å². The van der Waals surface area contributed by atoms with E-state index in [4.69, 9.17) is 10.2 Å². The van der Waals surface area contributed by atoms with Gasteiger partial charge >= 0.3 is 18.0 Å². The highest BCUT2D eigenvalue weighted by molar-refractivity contribution is 5.83. The van der Waals surface area contributed by atoms with Crippen LogP contribution >= 0.6 is 0 Å². The molecule has 0 saturated carbocycles. The molecule has 0 aliphatic heterocycles. The minimum atomic E-state index is -1.22. The van der Waals surface area contributed by atoms with Crippen molar-refractivity contribution in [3.05, 3.63) is 0 Å². The highest BCUT2D eigenvalue weighted by Gasteiger charge is 2.23. The van der Waals surface area contributed by atoms with E-state index in [0.29, 0.717) is 19.0 Å². The standard InChI is InChI=1S/C13H24N2O5/c1-4-9(3)8-15(5-2)13(20)14-10(12(18)19)6-7-11(16)17/h9-10H,4-8H2,1-3H3,(H,14,20)(H,16,17)(H,18,19)/t9?,10-/m0/s1.